The minimum atomic E-state index is -0.613. The Hall–Kier alpha value is -1.34. The number of carbonyl (C=O) groups excluding carboxylic acids is 1. The lowest BCUT2D eigenvalue weighted by molar-refractivity contribution is -0.124. The van der Waals surface area contributed by atoms with Gasteiger partial charge in [0.1, 0.15) is 5.82 Å². The third-order valence-electron chi connectivity index (χ3n) is 2.46. The monoisotopic (exact) mass is 349 g/mol. The lowest BCUT2D eigenvalue weighted by Crippen LogP contribution is -2.14. The number of rotatable bonds is 8. The molecule has 0 atom stereocenters. The van der Waals surface area contributed by atoms with Crippen LogP contribution in [0.3, 0.4) is 0 Å². The number of nitrogens with one attached hydrogen (secondary N) is 2. The molecule has 0 aliphatic rings. The molecular weight excluding hydrogens is 329 g/mol. The summed E-state index contributed by atoms with van der Waals surface area (Å²) in [5.74, 6) is -0.0246. The number of pyridine rings is 1. The number of ether oxygens (including phenoxy) is 1. The molecule has 0 spiro atoms. The first-order chi connectivity index (χ1) is 10.0. The van der Waals surface area contributed by atoms with E-state index in [4.69, 9.17) is 21.5 Å². The highest BCUT2D eigenvalue weighted by atomic mass is 35.5. The third kappa shape index (κ3) is 8.19. The lowest BCUT2D eigenvalue weighted by atomic mass is 10.2. The number of anilines is 1. The van der Waals surface area contributed by atoms with Gasteiger partial charge >= 0.3 is 0 Å². The van der Waals surface area contributed by atoms with E-state index in [1.165, 1.54) is 17.6 Å². The number of carbonyl (C=O) groups is 1. The maximum Gasteiger partial charge on any atom is 0.267 e. The molecule has 0 aromatic carbocycles. The standard InChI is InChI=1S/C14H20ClN3O3.ClH/c1-10(2)21-7-3-6-16-14-12(15)8-11(9-17-14)4-5-13(19)18-20;/h4-5,8-10,20H,3,6-7H2,1-2H3,(H,16,17)(H,18,19);1H/b5-4+;. The fourth-order valence-electron chi connectivity index (χ4n) is 1.48. The second-order valence-electron chi connectivity index (χ2n) is 4.61. The summed E-state index contributed by atoms with van der Waals surface area (Å²) < 4.78 is 5.43. The normalized spacial score (nSPS) is 10.6. The fourth-order valence-corrected chi connectivity index (χ4v) is 1.72. The molecule has 6 nitrogen and oxygen atoms in total. The summed E-state index contributed by atoms with van der Waals surface area (Å²) in [5, 5.41) is 12.0. The van der Waals surface area contributed by atoms with Gasteiger partial charge in [0.25, 0.3) is 5.91 Å². The van der Waals surface area contributed by atoms with Gasteiger partial charge in [-0.2, -0.15) is 0 Å². The Morgan fingerprint density at radius 3 is 2.86 bits per heavy atom. The Kier molecular flexibility index (Phi) is 10.6. The molecule has 0 aliphatic heterocycles. The van der Waals surface area contributed by atoms with E-state index in [9.17, 15) is 4.79 Å². The van der Waals surface area contributed by atoms with E-state index in [1.807, 2.05) is 13.8 Å². The van der Waals surface area contributed by atoms with Gasteiger partial charge in [-0.05, 0) is 38.0 Å². The summed E-state index contributed by atoms with van der Waals surface area (Å²) >= 11 is 6.10. The summed E-state index contributed by atoms with van der Waals surface area (Å²) in [6, 6.07) is 1.68. The molecule has 0 radical (unpaired) electrons. The number of hydrogen-bond donors (Lipinski definition) is 3. The second kappa shape index (κ2) is 11.3. The summed E-state index contributed by atoms with van der Waals surface area (Å²) in [6.07, 6.45) is 5.36. The molecule has 1 aromatic heterocycles. The van der Waals surface area contributed by atoms with E-state index in [1.54, 1.807) is 12.3 Å². The van der Waals surface area contributed by atoms with Gasteiger partial charge in [0.2, 0.25) is 0 Å². The van der Waals surface area contributed by atoms with Crippen molar-refractivity contribution >= 4 is 41.8 Å². The Morgan fingerprint density at radius 2 is 2.27 bits per heavy atom. The Bertz CT molecular complexity index is 496. The summed E-state index contributed by atoms with van der Waals surface area (Å²) in [5.41, 5.74) is 2.17. The number of hydroxylamine groups is 1. The first-order valence-electron chi connectivity index (χ1n) is 6.66. The van der Waals surface area contributed by atoms with Crippen LogP contribution in [0.5, 0.6) is 0 Å². The molecule has 0 fully saturated rings. The highest BCUT2D eigenvalue weighted by molar-refractivity contribution is 6.33. The van der Waals surface area contributed by atoms with E-state index < -0.39 is 5.91 Å². The quantitative estimate of drug-likeness (QED) is 0.291. The number of aromatic nitrogens is 1. The van der Waals surface area contributed by atoms with Gasteiger partial charge in [-0.25, -0.2) is 10.5 Å². The minimum Gasteiger partial charge on any atom is -0.379 e. The van der Waals surface area contributed by atoms with Gasteiger partial charge in [0.05, 0.1) is 11.1 Å². The molecule has 0 aliphatic carbocycles. The van der Waals surface area contributed by atoms with Gasteiger partial charge < -0.3 is 10.1 Å². The average Bonchev–Trinajstić information content (AvgIpc) is 2.45. The van der Waals surface area contributed by atoms with Gasteiger partial charge in [0.15, 0.2) is 0 Å². The maximum absolute atomic E-state index is 10.9. The zero-order valence-electron chi connectivity index (χ0n) is 12.5. The summed E-state index contributed by atoms with van der Waals surface area (Å²) in [4.78, 5) is 15.0. The van der Waals surface area contributed by atoms with Crippen LogP contribution in [0.25, 0.3) is 6.08 Å². The SMILES string of the molecule is CC(C)OCCCNc1ncc(/C=C/C(=O)NO)cc1Cl.Cl. The van der Waals surface area contributed by atoms with Crippen molar-refractivity contribution in [3.05, 3.63) is 28.9 Å². The van der Waals surface area contributed by atoms with Crippen LogP contribution < -0.4 is 10.8 Å². The van der Waals surface area contributed by atoms with Gasteiger partial charge in [0, 0.05) is 25.4 Å². The molecule has 8 heteroatoms. The smallest absolute Gasteiger partial charge is 0.267 e. The van der Waals surface area contributed by atoms with Crippen molar-refractivity contribution in [1.82, 2.24) is 10.5 Å². The van der Waals surface area contributed by atoms with E-state index in [-0.39, 0.29) is 18.5 Å². The maximum atomic E-state index is 10.9. The van der Waals surface area contributed by atoms with Crippen LogP contribution in [0.4, 0.5) is 5.82 Å². The van der Waals surface area contributed by atoms with Crippen molar-refractivity contribution in [1.29, 1.82) is 0 Å². The zero-order valence-corrected chi connectivity index (χ0v) is 14.1. The van der Waals surface area contributed by atoms with Crippen molar-refractivity contribution in [3.63, 3.8) is 0 Å². The van der Waals surface area contributed by atoms with Crippen molar-refractivity contribution < 1.29 is 14.7 Å². The van der Waals surface area contributed by atoms with Gasteiger partial charge in [-0.3, -0.25) is 10.0 Å². The lowest BCUT2D eigenvalue weighted by Gasteiger charge is -2.09. The fraction of sp³-hybridized carbons (Fsp3) is 0.429. The topological polar surface area (TPSA) is 83.5 Å². The molecule has 0 unspecified atom stereocenters. The molecule has 0 bridgehead atoms. The van der Waals surface area contributed by atoms with Crippen LogP contribution in [-0.2, 0) is 9.53 Å². The second-order valence-corrected chi connectivity index (χ2v) is 5.02. The molecule has 1 heterocycles. The van der Waals surface area contributed by atoms with Crippen molar-refractivity contribution in [2.45, 2.75) is 26.4 Å². The Labute approximate surface area is 141 Å². The van der Waals surface area contributed by atoms with Crippen molar-refractivity contribution in [2.75, 3.05) is 18.5 Å². The third-order valence-corrected chi connectivity index (χ3v) is 2.75. The predicted molar refractivity (Wildman–Crippen MR) is 89.7 cm³/mol. The molecule has 0 saturated heterocycles. The number of halogens is 2. The molecule has 22 heavy (non-hydrogen) atoms. The van der Waals surface area contributed by atoms with Crippen molar-refractivity contribution in [2.24, 2.45) is 0 Å². The van der Waals surface area contributed by atoms with Crippen molar-refractivity contribution in [3.8, 4) is 0 Å². The molecule has 1 rings (SSSR count). The first kappa shape index (κ1) is 20.7. The largest absolute Gasteiger partial charge is 0.379 e. The summed E-state index contributed by atoms with van der Waals surface area (Å²) in [7, 11) is 0. The number of hydrogen-bond acceptors (Lipinski definition) is 5. The average molecular weight is 350 g/mol. The van der Waals surface area contributed by atoms with E-state index in [0.717, 1.165) is 6.42 Å². The zero-order chi connectivity index (χ0) is 15.7. The number of amides is 1. The predicted octanol–water partition coefficient (Wildman–Crippen LogP) is 2.90. The minimum absolute atomic E-state index is 0. The van der Waals surface area contributed by atoms with Crippen LogP contribution in [-0.4, -0.2) is 35.4 Å². The highest BCUT2D eigenvalue weighted by Crippen LogP contribution is 2.20. The van der Waals surface area contributed by atoms with Crippen LogP contribution >= 0.6 is 24.0 Å². The van der Waals surface area contributed by atoms with Crippen LogP contribution in [0.1, 0.15) is 25.8 Å². The van der Waals surface area contributed by atoms with Crippen LogP contribution in [0.2, 0.25) is 5.02 Å². The van der Waals surface area contributed by atoms with Gasteiger partial charge in [-0.15, -0.1) is 12.4 Å². The van der Waals surface area contributed by atoms with E-state index in [0.29, 0.717) is 29.6 Å². The molecule has 0 saturated carbocycles. The molecule has 3 N–H and O–H groups in total. The number of nitrogens with zero attached hydrogens (tertiary/aromatic N) is 1. The Morgan fingerprint density at radius 1 is 1.55 bits per heavy atom. The van der Waals surface area contributed by atoms with E-state index in [2.05, 4.69) is 10.3 Å². The Balaban J connectivity index is 0.00000441. The molecular formula is C14H21Cl2N3O3. The van der Waals surface area contributed by atoms with Crippen LogP contribution in [0.15, 0.2) is 18.3 Å². The molecule has 1 aromatic rings. The van der Waals surface area contributed by atoms with E-state index >= 15 is 0 Å². The van der Waals surface area contributed by atoms with Gasteiger partial charge in [-0.1, -0.05) is 11.6 Å². The summed E-state index contributed by atoms with van der Waals surface area (Å²) in [6.45, 7) is 5.38. The highest BCUT2D eigenvalue weighted by Gasteiger charge is 2.02. The molecule has 124 valence electrons. The van der Waals surface area contributed by atoms with Crippen LogP contribution in [0, 0.1) is 0 Å². The molecule has 1 amide bonds. The first-order valence-corrected chi connectivity index (χ1v) is 7.04.